The molecule has 0 aliphatic carbocycles. The van der Waals surface area contributed by atoms with E-state index in [0.717, 1.165) is 16.6 Å². The van der Waals surface area contributed by atoms with Gasteiger partial charge in [0.2, 0.25) is 11.8 Å². The second-order valence-electron chi connectivity index (χ2n) is 6.45. The maximum Gasteiger partial charge on any atom is 0.248 e. The average molecular weight is 414 g/mol. The van der Waals surface area contributed by atoms with Crippen LogP contribution in [0.4, 0.5) is 16.5 Å². The van der Waals surface area contributed by atoms with Crippen molar-refractivity contribution in [1.82, 2.24) is 9.97 Å². The highest BCUT2D eigenvalue weighted by Gasteiger charge is 2.17. The quantitative estimate of drug-likeness (QED) is 0.465. The van der Waals surface area contributed by atoms with Crippen LogP contribution in [0.2, 0.25) is 0 Å². The lowest BCUT2D eigenvalue weighted by Gasteiger charge is -2.17. The number of anilines is 3. The smallest absolute Gasteiger partial charge is 0.248 e. The number of carbonyl (C=O) groups excluding carboxylic acids is 2. The molecule has 4 aromatic rings. The number of para-hydroxylation sites is 2. The van der Waals surface area contributed by atoms with Crippen molar-refractivity contribution in [3.05, 3.63) is 84.0 Å². The molecule has 4 rings (SSSR count). The molecular formula is C23H18N4O2S. The summed E-state index contributed by atoms with van der Waals surface area (Å²) in [7, 11) is 0. The predicted molar refractivity (Wildman–Crippen MR) is 121 cm³/mol. The topological polar surface area (TPSA) is 75.2 Å². The third-order valence-corrected chi connectivity index (χ3v) is 5.17. The van der Waals surface area contributed by atoms with Crippen molar-refractivity contribution >= 4 is 56.6 Å². The zero-order valence-corrected chi connectivity index (χ0v) is 17.0. The molecule has 0 saturated heterocycles. The molecule has 0 atom stereocenters. The van der Waals surface area contributed by atoms with Gasteiger partial charge < -0.3 is 5.32 Å². The van der Waals surface area contributed by atoms with Crippen LogP contribution in [0.1, 0.15) is 12.6 Å². The predicted octanol–water partition coefficient (Wildman–Crippen LogP) is 5.03. The van der Waals surface area contributed by atoms with Crippen LogP contribution in [0, 0.1) is 0 Å². The Morgan fingerprint density at radius 1 is 1.03 bits per heavy atom. The van der Waals surface area contributed by atoms with Crippen LogP contribution >= 0.6 is 11.3 Å². The van der Waals surface area contributed by atoms with Crippen molar-refractivity contribution in [2.45, 2.75) is 6.92 Å². The van der Waals surface area contributed by atoms with Crippen molar-refractivity contribution in [2.75, 3.05) is 10.2 Å². The highest BCUT2D eigenvalue weighted by molar-refractivity contribution is 7.14. The van der Waals surface area contributed by atoms with Crippen LogP contribution in [-0.2, 0) is 9.59 Å². The molecule has 7 heteroatoms. The van der Waals surface area contributed by atoms with Gasteiger partial charge in [0.25, 0.3) is 0 Å². The molecule has 6 nitrogen and oxygen atoms in total. The molecule has 2 aromatic heterocycles. The molecule has 0 spiro atoms. The van der Waals surface area contributed by atoms with Crippen LogP contribution in [-0.4, -0.2) is 21.8 Å². The zero-order chi connectivity index (χ0) is 20.9. The molecule has 0 radical (unpaired) electrons. The van der Waals surface area contributed by atoms with Gasteiger partial charge in [-0.25, -0.2) is 4.98 Å². The summed E-state index contributed by atoms with van der Waals surface area (Å²) in [6.45, 7) is 1.50. The lowest BCUT2D eigenvalue weighted by molar-refractivity contribution is -0.116. The van der Waals surface area contributed by atoms with Crippen molar-refractivity contribution in [3.8, 4) is 0 Å². The van der Waals surface area contributed by atoms with Gasteiger partial charge in [0.1, 0.15) is 0 Å². The number of nitrogens with zero attached hydrogens (tertiary/aromatic N) is 3. The molecule has 30 heavy (non-hydrogen) atoms. The summed E-state index contributed by atoms with van der Waals surface area (Å²) >= 11 is 1.34. The van der Waals surface area contributed by atoms with Crippen molar-refractivity contribution in [1.29, 1.82) is 0 Å². The monoisotopic (exact) mass is 414 g/mol. The van der Waals surface area contributed by atoms with E-state index in [1.807, 2.05) is 60.7 Å². The molecule has 148 valence electrons. The summed E-state index contributed by atoms with van der Waals surface area (Å²) in [5.74, 6) is -0.415. The lowest BCUT2D eigenvalue weighted by atomic mass is 10.2. The number of carbonyl (C=O) groups is 2. The minimum Gasteiger partial charge on any atom is -0.321 e. The Morgan fingerprint density at radius 2 is 1.83 bits per heavy atom. The number of nitrogens with one attached hydrogen (secondary N) is 1. The average Bonchev–Trinajstić information content (AvgIpc) is 3.21. The number of benzene rings is 2. The van der Waals surface area contributed by atoms with Crippen molar-refractivity contribution in [3.63, 3.8) is 0 Å². The Hall–Kier alpha value is -3.84. The molecule has 1 N–H and O–H groups in total. The second-order valence-corrected chi connectivity index (χ2v) is 7.28. The molecule has 0 bridgehead atoms. The molecule has 0 saturated carbocycles. The minimum absolute atomic E-state index is 0.132. The number of hydrogen-bond acceptors (Lipinski definition) is 5. The van der Waals surface area contributed by atoms with E-state index in [0.29, 0.717) is 16.5 Å². The molecular weight excluding hydrogens is 396 g/mol. The van der Waals surface area contributed by atoms with Gasteiger partial charge in [0, 0.05) is 30.0 Å². The molecule has 0 aliphatic heterocycles. The van der Waals surface area contributed by atoms with Gasteiger partial charge in [-0.05, 0) is 30.3 Å². The highest BCUT2D eigenvalue weighted by atomic mass is 32.1. The Balaban J connectivity index is 1.50. The number of pyridine rings is 1. The van der Waals surface area contributed by atoms with E-state index in [1.165, 1.54) is 24.3 Å². The Labute approximate surface area is 177 Å². The molecule has 0 aliphatic rings. The SMILES string of the molecule is CC(=O)N(c1ccccc1)c1nc(C=CC(=O)Nc2cccc3cccnc23)cs1. The van der Waals surface area contributed by atoms with Gasteiger partial charge in [-0.15, -0.1) is 11.3 Å². The first-order valence-corrected chi connectivity index (χ1v) is 10.1. The van der Waals surface area contributed by atoms with Gasteiger partial charge in [-0.2, -0.15) is 0 Å². The van der Waals surface area contributed by atoms with Gasteiger partial charge >= 0.3 is 0 Å². The zero-order valence-electron chi connectivity index (χ0n) is 16.1. The van der Waals surface area contributed by atoms with E-state index in [1.54, 1.807) is 22.6 Å². The summed E-state index contributed by atoms with van der Waals surface area (Å²) in [4.78, 5) is 34.9. The number of thiazole rings is 1. The van der Waals surface area contributed by atoms with E-state index in [9.17, 15) is 9.59 Å². The van der Waals surface area contributed by atoms with Crippen LogP contribution in [0.3, 0.4) is 0 Å². The first-order chi connectivity index (χ1) is 14.6. The van der Waals surface area contributed by atoms with E-state index in [2.05, 4.69) is 15.3 Å². The Bertz CT molecular complexity index is 1230. The summed E-state index contributed by atoms with van der Waals surface area (Å²) in [5.41, 5.74) is 2.73. The largest absolute Gasteiger partial charge is 0.321 e. The lowest BCUT2D eigenvalue weighted by Crippen LogP contribution is -2.22. The second kappa shape index (κ2) is 8.67. The van der Waals surface area contributed by atoms with E-state index < -0.39 is 0 Å². The first kappa shape index (κ1) is 19.5. The van der Waals surface area contributed by atoms with Crippen molar-refractivity contribution in [2.24, 2.45) is 0 Å². The van der Waals surface area contributed by atoms with E-state index in [4.69, 9.17) is 0 Å². The normalized spacial score (nSPS) is 11.0. The summed E-state index contributed by atoms with van der Waals surface area (Å²) in [6.07, 6.45) is 4.73. The van der Waals surface area contributed by atoms with E-state index >= 15 is 0 Å². The first-order valence-electron chi connectivity index (χ1n) is 9.26. The summed E-state index contributed by atoms with van der Waals surface area (Å²) in [5, 5.41) is 6.16. The number of fused-ring (bicyclic) bond motifs is 1. The van der Waals surface area contributed by atoms with Gasteiger partial charge in [0.05, 0.1) is 22.6 Å². The maximum atomic E-state index is 12.4. The molecule has 0 fully saturated rings. The van der Waals surface area contributed by atoms with Crippen LogP contribution in [0.25, 0.3) is 17.0 Å². The summed E-state index contributed by atoms with van der Waals surface area (Å²) in [6, 6.07) is 18.8. The number of hydrogen-bond donors (Lipinski definition) is 1. The molecule has 2 amide bonds. The minimum atomic E-state index is -0.283. The molecule has 2 aromatic carbocycles. The highest BCUT2D eigenvalue weighted by Crippen LogP contribution is 2.29. The summed E-state index contributed by atoms with van der Waals surface area (Å²) < 4.78 is 0. The molecule has 0 unspecified atom stereocenters. The van der Waals surface area contributed by atoms with Crippen LogP contribution in [0.15, 0.2) is 78.3 Å². The molecule has 2 heterocycles. The number of amides is 2. The fourth-order valence-electron chi connectivity index (χ4n) is 3.00. The fourth-order valence-corrected chi connectivity index (χ4v) is 3.85. The number of aromatic nitrogens is 2. The van der Waals surface area contributed by atoms with Gasteiger partial charge in [-0.3, -0.25) is 19.5 Å². The number of rotatable bonds is 5. The van der Waals surface area contributed by atoms with Gasteiger partial charge in [0.15, 0.2) is 5.13 Å². The van der Waals surface area contributed by atoms with E-state index in [-0.39, 0.29) is 11.8 Å². The Kier molecular flexibility index (Phi) is 5.63. The Morgan fingerprint density at radius 3 is 2.63 bits per heavy atom. The van der Waals surface area contributed by atoms with Gasteiger partial charge in [-0.1, -0.05) is 36.4 Å². The van der Waals surface area contributed by atoms with Crippen molar-refractivity contribution < 1.29 is 9.59 Å². The third kappa shape index (κ3) is 4.26. The third-order valence-electron chi connectivity index (χ3n) is 4.33. The van der Waals surface area contributed by atoms with Crippen LogP contribution in [0.5, 0.6) is 0 Å². The fraction of sp³-hybridized carbons (Fsp3) is 0.0435. The standard InChI is InChI=1S/C23H18N4O2S/c1-16(28)27(19-9-3-2-4-10-19)23-25-18(15-30-23)12-13-21(29)26-20-11-5-7-17-8-6-14-24-22(17)20/h2-15H,1H3,(H,26,29). The maximum absolute atomic E-state index is 12.4. The van der Waals surface area contributed by atoms with Crippen LogP contribution < -0.4 is 10.2 Å².